The van der Waals surface area contributed by atoms with Crippen LogP contribution in [0.3, 0.4) is 0 Å². The van der Waals surface area contributed by atoms with Gasteiger partial charge in [-0.2, -0.15) is 0 Å². The standard InChI is InChI=1S/C39H41N2.C37H37N2.C34H35N2.6CH3.3Hf/c1-25(2)34-16-11-17-35(26(3)4)39(34)40-23-30-12-10-14-32(22-30)37-33(19-18-31-13-8-9-15-36(31)37)24-41-38-28(6)20-27(5)21-29(38)7;1-25(2)32-17-11-18-33(26(3)4)37(32)39-23-28-13-10-15-30(22-28)36-31(21-20-29-14-7-8-16-34(29)36)24-38-35-19-9-6-12-27(35)5;1-23(2)29-16-10-17-30(24(3)4)34(29)35-22-25-11-8-13-27(21-25)31-18-9-12-26-19-20-32(33(26)31)36-28-14-6-5-7-15-28;;;;;;;;;/h8-21,25-26H,23-24H2,1-7H3;6-21,25-26H,23-24H2,1-5H3;5-18,23-24,32H,19-20,22H2,1-4H3;6*1H3;;;/q3*-3;6*-1;;;. The summed E-state index contributed by atoms with van der Waals surface area (Å²) in [5, 5.41) is 35.6. The van der Waals surface area contributed by atoms with E-state index in [0.717, 1.165) is 80.3 Å². The fourth-order valence-electron chi connectivity index (χ4n) is 16.6. The summed E-state index contributed by atoms with van der Waals surface area (Å²) in [5.41, 5.74) is 34.9. The Balaban J connectivity index is 0.000000380. The topological polar surface area (TPSA) is 84.6 Å². The van der Waals surface area contributed by atoms with Gasteiger partial charge in [0.25, 0.3) is 0 Å². The van der Waals surface area contributed by atoms with E-state index in [2.05, 4.69) is 390 Å². The van der Waals surface area contributed by atoms with Crippen LogP contribution in [-0.4, -0.2) is 0 Å². The summed E-state index contributed by atoms with van der Waals surface area (Å²) in [4.78, 5) is 0. The zero-order chi connectivity index (χ0) is 81.5. The third kappa shape index (κ3) is 26.8. The zero-order valence-corrected chi connectivity index (χ0v) is 89.4. The van der Waals surface area contributed by atoms with Crippen LogP contribution in [0.2, 0.25) is 0 Å². The van der Waals surface area contributed by atoms with Gasteiger partial charge in [-0.05, 0) is 80.4 Å². The molecule has 0 aromatic heterocycles. The van der Waals surface area contributed by atoms with E-state index < -0.39 is 0 Å². The van der Waals surface area contributed by atoms with Gasteiger partial charge < -0.3 is 76.5 Å². The fourth-order valence-corrected chi connectivity index (χ4v) is 16.6. The molecule has 0 fully saturated rings. The Bertz CT molecular complexity index is 5600. The van der Waals surface area contributed by atoms with E-state index in [1.807, 2.05) is 6.07 Å². The van der Waals surface area contributed by atoms with Crippen molar-refractivity contribution in [3.05, 3.63) is 456 Å². The molecule has 0 bridgehead atoms. The molecule has 14 aromatic carbocycles. The molecule has 0 saturated carbocycles. The van der Waals surface area contributed by atoms with Crippen LogP contribution >= 0.6 is 0 Å². The molecule has 0 amide bonds. The molecule has 6 nitrogen and oxygen atoms in total. The summed E-state index contributed by atoms with van der Waals surface area (Å²) in [6.45, 7) is 38.6. The Labute approximate surface area is 813 Å². The Hall–Kier alpha value is -8.99. The summed E-state index contributed by atoms with van der Waals surface area (Å²) in [6.07, 6.45) is 2.13. The number of benzene rings is 14. The number of fused-ring (bicyclic) bond motifs is 3. The molecule has 125 heavy (non-hydrogen) atoms. The van der Waals surface area contributed by atoms with E-state index in [9.17, 15) is 0 Å². The van der Waals surface area contributed by atoms with Gasteiger partial charge >= 0.3 is 0 Å². The monoisotopic (exact) mass is 2150 g/mol. The van der Waals surface area contributed by atoms with Gasteiger partial charge in [-0.1, -0.05) is 413 Å². The van der Waals surface area contributed by atoms with Crippen LogP contribution in [0.4, 0.5) is 34.1 Å². The van der Waals surface area contributed by atoms with Gasteiger partial charge in [0.2, 0.25) is 0 Å². The van der Waals surface area contributed by atoms with Crippen molar-refractivity contribution in [1.82, 2.24) is 0 Å². The maximum absolute atomic E-state index is 5.19. The first-order chi connectivity index (χ1) is 56.2. The largest absolute Gasteiger partial charge is 0.681 e. The Morgan fingerprint density at radius 3 is 1.08 bits per heavy atom. The first kappa shape index (κ1) is 108. The zero-order valence-electron chi connectivity index (χ0n) is 78.6. The van der Waals surface area contributed by atoms with Crippen molar-refractivity contribution in [3.8, 4) is 33.4 Å². The van der Waals surface area contributed by atoms with Crippen molar-refractivity contribution in [1.29, 1.82) is 0 Å². The molecular weight excluding hydrogens is 2010 g/mol. The van der Waals surface area contributed by atoms with E-state index in [-0.39, 0.29) is 128 Å². The number of aryl methyl sites for hydroxylation is 5. The third-order valence-corrected chi connectivity index (χ3v) is 22.5. The second-order valence-corrected chi connectivity index (χ2v) is 33.2. The molecule has 1 atom stereocenters. The Kier molecular flexibility index (Phi) is 44.3. The first-order valence-corrected chi connectivity index (χ1v) is 42.0. The van der Waals surface area contributed by atoms with E-state index >= 15 is 0 Å². The van der Waals surface area contributed by atoms with Crippen molar-refractivity contribution in [2.24, 2.45) is 0 Å². The van der Waals surface area contributed by atoms with E-state index in [4.69, 9.17) is 31.9 Å². The maximum Gasteiger partial charge on any atom is 0 e. The minimum atomic E-state index is 0. The second kappa shape index (κ2) is 51.1. The predicted octanol–water partition coefficient (Wildman–Crippen LogP) is 36.2. The summed E-state index contributed by atoms with van der Waals surface area (Å²) in [6, 6.07) is 106. The molecule has 0 radical (unpaired) electrons. The van der Waals surface area contributed by atoms with Gasteiger partial charge in [0, 0.05) is 77.5 Å². The van der Waals surface area contributed by atoms with E-state index in [0.29, 0.717) is 68.2 Å². The van der Waals surface area contributed by atoms with E-state index in [1.165, 1.54) is 116 Å². The minimum absolute atomic E-state index is 0. The van der Waals surface area contributed by atoms with Gasteiger partial charge in [0.1, 0.15) is 0 Å². The summed E-state index contributed by atoms with van der Waals surface area (Å²) >= 11 is 0. The second-order valence-electron chi connectivity index (χ2n) is 33.2. The molecule has 1 aliphatic rings. The first-order valence-electron chi connectivity index (χ1n) is 42.0. The van der Waals surface area contributed by atoms with Crippen LogP contribution < -0.4 is 0 Å². The molecule has 1 unspecified atom stereocenters. The molecule has 0 N–H and O–H groups in total. The van der Waals surface area contributed by atoms with Crippen LogP contribution in [0.5, 0.6) is 0 Å². The van der Waals surface area contributed by atoms with Crippen LogP contribution in [0, 0.1) is 90.5 Å². The molecule has 14 aromatic rings. The van der Waals surface area contributed by atoms with E-state index in [1.54, 1.807) is 0 Å². The Morgan fingerprint density at radius 2 is 0.664 bits per heavy atom. The molecule has 1 aliphatic carbocycles. The molecule has 0 saturated heterocycles. The van der Waals surface area contributed by atoms with Crippen LogP contribution in [0.25, 0.3) is 86.8 Å². The van der Waals surface area contributed by atoms with Crippen LogP contribution in [0.15, 0.2) is 267 Å². The van der Waals surface area contributed by atoms with Gasteiger partial charge in [-0.3, -0.25) is 0 Å². The summed E-state index contributed by atoms with van der Waals surface area (Å²) in [5.74, 6) is 2.57. The number of rotatable bonds is 26. The average Bonchev–Trinajstić information content (AvgIpc) is 1.75. The number of nitrogens with zero attached hydrogens (tertiary/aromatic N) is 6. The summed E-state index contributed by atoms with van der Waals surface area (Å²) < 4.78 is 0. The SMILES string of the molecule is CC(C)c1cccc(C(C)C)c1[N-]Cc1[c-]c(-c2cccc3c2C([N-]c2ccccc2)CC3)ccc1.Cc1cc(C)c([N-]Cc2ccc3ccccc3c2-c2[c-]c(C[N-]c3c(C(C)C)cccc3C(C)C)ccc2)c(C)c1.Cc1ccccc1[N-]Cc1ccc2ccccc2c1-c1[c-]c(C[N-]c2c(C(C)C)cccc2C(C)C)ccc1.[CH3-].[CH3-].[CH3-].[CH3-].[CH3-].[CH3-].[Hf].[Hf].[Hf]. The van der Waals surface area contributed by atoms with Gasteiger partial charge in [-0.25, -0.2) is 0 Å². The van der Waals surface area contributed by atoms with Crippen molar-refractivity contribution < 1.29 is 77.5 Å². The summed E-state index contributed by atoms with van der Waals surface area (Å²) in [7, 11) is 0. The Morgan fingerprint density at radius 1 is 0.312 bits per heavy atom. The van der Waals surface area contributed by atoms with Crippen LogP contribution in [0.1, 0.15) is 226 Å². The molecule has 0 heterocycles. The third-order valence-electron chi connectivity index (χ3n) is 22.5. The molecular formula is C116H131Hf3N6-15. The van der Waals surface area contributed by atoms with Crippen molar-refractivity contribution in [2.45, 2.75) is 198 Å². The van der Waals surface area contributed by atoms with Gasteiger partial charge in [-0.15, -0.1) is 173 Å². The minimum Gasteiger partial charge on any atom is -0.681 e. The number of para-hydroxylation sites is 5. The molecule has 652 valence electrons. The molecule has 0 aliphatic heterocycles. The smallest absolute Gasteiger partial charge is 0 e. The maximum atomic E-state index is 5.19. The molecule has 15 rings (SSSR count). The molecule has 0 spiro atoms. The van der Waals surface area contributed by atoms with Gasteiger partial charge in [0.05, 0.1) is 0 Å². The molecule has 9 heteroatoms. The number of hydrogen-bond acceptors (Lipinski definition) is 0. The fraction of sp³-hybridized carbons (Fsp3) is 0.259. The normalized spacial score (nSPS) is 11.6. The number of hydrogen-bond donors (Lipinski definition) is 0. The van der Waals surface area contributed by atoms with Crippen LogP contribution in [-0.2, 0) is 117 Å². The van der Waals surface area contributed by atoms with Gasteiger partial charge in [0.15, 0.2) is 0 Å². The quantitative estimate of drug-likeness (QED) is 0.0382. The van der Waals surface area contributed by atoms with Crippen molar-refractivity contribution in [3.63, 3.8) is 0 Å². The predicted molar refractivity (Wildman–Crippen MR) is 535 cm³/mol. The van der Waals surface area contributed by atoms with Crippen molar-refractivity contribution >= 4 is 55.7 Å². The average molecular weight is 2140 g/mol. The van der Waals surface area contributed by atoms with Crippen molar-refractivity contribution in [2.75, 3.05) is 0 Å².